The first kappa shape index (κ1) is 27.4. The Morgan fingerprint density at radius 3 is 1.18 bits per heavy atom. The third-order valence-electron chi connectivity index (χ3n) is 4.00. The second-order valence-corrected chi connectivity index (χ2v) is 6.63. The van der Waals surface area contributed by atoms with Crippen molar-refractivity contribution >= 4 is 11.9 Å². The largest absolute Gasteiger partial charge is 0.481 e. The Balaban J connectivity index is 0.000000529. The van der Waals surface area contributed by atoms with Gasteiger partial charge in [-0.05, 0) is 46.5 Å². The third kappa shape index (κ3) is 10.0. The standard InChI is InChI=1S/C22H16N2.2C2H4O2.Pd/c1-3-7-17(8-4-1)19-11-13-23-21(15-19)22-16-20(12-14-24-22)18-9-5-2-6-10-18;2*1-2(3)4;/h1-16H;2*1H3,(H,3,4);. The van der Waals surface area contributed by atoms with Gasteiger partial charge >= 0.3 is 0 Å². The van der Waals surface area contributed by atoms with E-state index in [1.807, 2.05) is 60.9 Å². The van der Waals surface area contributed by atoms with Gasteiger partial charge in [0.1, 0.15) is 0 Å². The molecule has 0 spiro atoms. The Morgan fingerprint density at radius 2 is 0.879 bits per heavy atom. The molecule has 33 heavy (non-hydrogen) atoms. The van der Waals surface area contributed by atoms with Crippen molar-refractivity contribution in [3.05, 3.63) is 97.3 Å². The quantitative estimate of drug-likeness (QED) is 0.329. The number of nitrogens with zero attached hydrogens (tertiary/aromatic N) is 2. The molecule has 7 heteroatoms. The van der Waals surface area contributed by atoms with Crippen LogP contribution >= 0.6 is 0 Å². The first-order chi connectivity index (χ1) is 15.4. The minimum absolute atomic E-state index is 0. The van der Waals surface area contributed by atoms with Crippen molar-refractivity contribution in [2.45, 2.75) is 13.8 Å². The molecule has 0 saturated carbocycles. The number of aliphatic carboxylic acids is 2. The van der Waals surface area contributed by atoms with E-state index in [9.17, 15) is 0 Å². The first-order valence-electron chi connectivity index (χ1n) is 9.79. The van der Waals surface area contributed by atoms with Gasteiger partial charge in [-0.25, -0.2) is 0 Å². The fourth-order valence-electron chi connectivity index (χ4n) is 2.76. The van der Waals surface area contributed by atoms with Crippen LogP contribution in [0, 0.1) is 0 Å². The van der Waals surface area contributed by atoms with Crippen LogP contribution in [0.4, 0.5) is 0 Å². The summed E-state index contributed by atoms with van der Waals surface area (Å²) in [5, 5.41) is 14.8. The Morgan fingerprint density at radius 1 is 0.576 bits per heavy atom. The summed E-state index contributed by atoms with van der Waals surface area (Å²) < 4.78 is 0. The van der Waals surface area contributed by atoms with Crippen LogP contribution < -0.4 is 0 Å². The summed E-state index contributed by atoms with van der Waals surface area (Å²) in [4.78, 5) is 27.0. The van der Waals surface area contributed by atoms with E-state index in [-0.39, 0.29) is 20.4 Å². The number of rotatable bonds is 3. The molecule has 0 radical (unpaired) electrons. The molecule has 4 rings (SSSR count). The number of carboxylic acid groups (broad SMARTS) is 2. The van der Waals surface area contributed by atoms with Gasteiger partial charge in [-0.2, -0.15) is 0 Å². The maximum absolute atomic E-state index is 9.00. The van der Waals surface area contributed by atoms with Crippen molar-refractivity contribution < 1.29 is 40.2 Å². The molecule has 6 nitrogen and oxygen atoms in total. The summed E-state index contributed by atoms with van der Waals surface area (Å²) in [6.45, 7) is 2.17. The van der Waals surface area contributed by atoms with Crippen LogP contribution in [0.5, 0.6) is 0 Å². The molecule has 2 aromatic carbocycles. The molecule has 0 saturated heterocycles. The second-order valence-electron chi connectivity index (χ2n) is 6.63. The summed E-state index contributed by atoms with van der Waals surface area (Å²) in [6, 6.07) is 28.9. The van der Waals surface area contributed by atoms with Gasteiger partial charge in [-0.3, -0.25) is 19.6 Å². The van der Waals surface area contributed by atoms with Crippen molar-refractivity contribution in [2.75, 3.05) is 0 Å². The number of carboxylic acids is 2. The summed E-state index contributed by atoms with van der Waals surface area (Å²) in [6.07, 6.45) is 3.68. The van der Waals surface area contributed by atoms with Gasteiger partial charge in [0.25, 0.3) is 11.9 Å². The van der Waals surface area contributed by atoms with Gasteiger partial charge in [-0.1, -0.05) is 60.7 Å². The zero-order valence-corrected chi connectivity index (χ0v) is 19.7. The molecule has 0 aliphatic rings. The van der Waals surface area contributed by atoms with E-state index in [2.05, 4.69) is 46.4 Å². The monoisotopic (exact) mass is 534 g/mol. The van der Waals surface area contributed by atoms with E-state index >= 15 is 0 Å². The Hall–Kier alpha value is -3.66. The summed E-state index contributed by atoms with van der Waals surface area (Å²) in [5.41, 5.74) is 6.42. The fourth-order valence-corrected chi connectivity index (χ4v) is 2.76. The summed E-state index contributed by atoms with van der Waals surface area (Å²) in [5.74, 6) is -1.67. The van der Waals surface area contributed by atoms with E-state index in [4.69, 9.17) is 19.8 Å². The van der Waals surface area contributed by atoms with E-state index in [0.29, 0.717) is 0 Å². The Bertz CT molecular complexity index is 1050. The molecule has 172 valence electrons. The van der Waals surface area contributed by atoms with E-state index in [1.54, 1.807) is 0 Å². The summed E-state index contributed by atoms with van der Waals surface area (Å²) >= 11 is 0. The molecule has 0 aliphatic carbocycles. The van der Waals surface area contributed by atoms with Crippen molar-refractivity contribution in [3.8, 4) is 33.6 Å². The average molecular weight is 535 g/mol. The molecule has 0 fully saturated rings. The minimum Gasteiger partial charge on any atom is -0.481 e. The molecule has 2 N–H and O–H groups in total. The van der Waals surface area contributed by atoms with Gasteiger partial charge in [0.2, 0.25) is 0 Å². The van der Waals surface area contributed by atoms with Crippen LogP contribution in [0.2, 0.25) is 0 Å². The van der Waals surface area contributed by atoms with Crippen LogP contribution in [0.3, 0.4) is 0 Å². The van der Waals surface area contributed by atoms with Gasteiger partial charge in [-0.15, -0.1) is 0 Å². The number of aromatic nitrogens is 2. The van der Waals surface area contributed by atoms with Gasteiger partial charge in [0, 0.05) is 46.7 Å². The number of hydrogen-bond acceptors (Lipinski definition) is 4. The molecule has 0 aliphatic heterocycles. The topological polar surface area (TPSA) is 100 Å². The maximum Gasteiger partial charge on any atom is 0.300 e. The zero-order valence-electron chi connectivity index (χ0n) is 18.2. The SMILES string of the molecule is CC(=O)O.CC(=O)O.[Pd].c1ccc(-c2ccnc(-c3cc(-c4ccccc4)ccn3)c2)cc1. The molecule has 4 aromatic rings. The van der Waals surface area contributed by atoms with Crippen LogP contribution in [0.25, 0.3) is 33.6 Å². The molecule has 2 aromatic heterocycles. The van der Waals surface area contributed by atoms with Crippen LogP contribution in [-0.2, 0) is 30.0 Å². The molecular weight excluding hydrogens is 511 g/mol. The van der Waals surface area contributed by atoms with Crippen LogP contribution in [-0.4, -0.2) is 32.1 Å². The van der Waals surface area contributed by atoms with Crippen LogP contribution in [0.15, 0.2) is 97.3 Å². The minimum atomic E-state index is -0.833. The van der Waals surface area contributed by atoms with Gasteiger partial charge in [0.15, 0.2) is 0 Å². The van der Waals surface area contributed by atoms with Crippen molar-refractivity contribution in [1.29, 1.82) is 0 Å². The number of pyridine rings is 2. The van der Waals surface area contributed by atoms with Gasteiger partial charge < -0.3 is 10.2 Å². The maximum atomic E-state index is 9.00. The Labute approximate surface area is 206 Å². The van der Waals surface area contributed by atoms with Crippen molar-refractivity contribution in [2.24, 2.45) is 0 Å². The number of carbonyl (C=O) groups is 2. The molecule has 0 unspecified atom stereocenters. The third-order valence-corrected chi connectivity index (χ3v) is 4.00. The average Bonchev–Trinajstić information content (AvgIpc) is 2.80. The van der Waals surface area contributed by atoms with E-state index in [0.717, 1.165) is 36.4 Å². The smallest absolute Gasteiger partial charge is 0.300 e. The molecular formula is C26H24N2O4Pd. The normalized spacial score (nSPS) is 9.15. The second kappa shape index (κ2) is 14.4. The van der Waals surface area contributed by atoms with E-state index < -0.39 is 11.9 Å². The number of benzene rings is 2. The predicted molar refractivity (Wildman–Crippen MR) is 125 cm³/mol. The predicted octanol–water partition coefficient (Wildman–Crippen LogP) is 5.66. The molecule has 0 amide bonds. The van der Waals surface area contributed by atoms with Crippen molar-refractivity contribution in [3.63, 3.8) is 0 Å². The van der Waals surface area contributed by atoms with Gasteiger partial charge in [0.05, 0.1) is 11.4 Å². The van der Waals surface area contributed by atoms with Crippen LogP contribution in [0.1, 0.15) is 13.8 Å². The Kier molecular flexibility index (Phi) is 12.0. The van der Waals surface area contributed by atoms with Crippen molar-refractivity contribution in [1.82, 2.24) is 9.97 Å². The molecule has 2 heterocycles. The summed E-state index contributed by atoms with van der Waals surface area (Å²) in [7, 11) is 0. The van der Waals surface area contributed by atoms with E-state index in [1.165, 1.54) is 11.1 Å². The fraction of sp³-hybridized carbons (Fsp3) is 0.0769. The first-order valence-corrected chi connectivity index (χ1v) is 9.79. The number of hydrogen-bond donors (Lipinski definition) is 2. The zero-order chi connectivity index (χ0) is 23.3. The molecule has 0 atom stereocenters. The molecule has 0 bridgehead atoms.